The van der Waals surface area contributed by atoms with Crippen LogP contribution in [0.25, 0.3) is 0 Å². The van der Waals surface area contributed by atoms with Crippen LogP contribution in [0.2, 0.25) is 0 Å². The van der Waals surface area contributed by atoms with Crippen molar-refractivity contribution in [2.24, 2.45) is 10.7 Å². The summed E-state index contributed by atoms with van der Waals surface area (Å²) in [5.41, 5.74) is 6.65. The maximum atomic E-state index is 11.6. The van der Waals surface area contributed by atoms with Gasteiger partial charge in [-0.05, 0) is 24.1 Å². The number of hydrogen-bond acceptors (Lipinski definition) is 3. The molecule has 6 nitrogen and oxygen atoms in total. The summed E-state index contributed by atoms with van der Waals surface area (Å²) in [6.07, 6.45) is 2.11. The smallest absolute Gasteiger partial charge is 0.242 e. The molecule has 0 aromatic heterocycles. The molecule has 0 radical (unpaired) electrons. The topological polar surface area (TPSA) is 88.7 Å². The molecule has 0 atom stereocenters. The first-order chi connectivity index (χ1) is 10.2. The third-order valence-corrected chi connectivity index (χ3v) is 2.88. The van der Waals surface area contributed by atoms with Gasteiger partial charge in [0.05, 0.1) is 7.11 Å². The third kappa shape index (κ3) is 8.71. The van der Waals surface area contributed by atoms with Crippen LogP contribution in [0.5, 0.6) is 5.75 Å². The van der Waals surface area contributed by atoms with E-state index in [9.17, 15) is 4.79 Å². The van der Waals surface area contributed by atoms with Crippen molar-refractivity contribution >= 4 is 35.8 Å². The summed E-state index contributed by atoms with van der Waals surface area (Å²) in [5.74, 6) is 0.940. The van der Waals surface area contributed by atoms with Crippen LogP contribution < -0.4 is 21.1 Å². The van der Waals surface area contributed by atoms with Crippen molar-refractivity contribution in [3.63, 3.8) is 0 Å². The lowest BCUT2D eigenvalue weighted by Crippen LogP contribution is -2.34. The van der Waals surface area contributed by atoms with E-state index < -0.39 is 0 Å². The molecule has 1 aromatic rings. The predicted octanol–water partition coefficient (Wildman–Crippen LogP) is 1.63. The molecule has 0 fully saturated rings. The molecule has 0 spiro atoms. The number of carbonyl (C=O) groups is 1. The summed E-state index contributed by atoms with van der Waals surface area (Å²) in [6, 6.07) is 7.52. The van der Waals surface area contributed by atoms with Crippen LogP contribution in [0.15, 0.2) is 29.3 Å². The lowest BCUT2D eigenvalue weighted by molar-refractivity contribution is -0.119. The largest absolute Gasteiger partial charge is 0.497 e. The Balaban J connectivity index is 0.00000441. The highest BCUT2D eigenvalue weighted by Crippen LogP contribution is 2.10. The van der Waals surface area contributed by atoms with Gasteiger partial charge < -0.3 is 21.1 Å². The monoisotopic (exact) mass is 420 g/mol. The lowest BCUT2D eigenvalue weighted by atomic mass is 10.2. The van der Waals surface area contributed by atoms with E-state index in [1.807, 2.05) is 24.3 Å². The van der Waals surface area contributed by atoms with Crippen LogP contribution in [0.1, 0.15) is 25.3 Å². The second kappa shape index (κ2) is 12.1. The average molecular weight is 420 g/mol. The molecule has 0 saturated heterocycles. The number of nitrogens with one attached hydrogen (secondary N) is 2. The zero-order valence-electron chi connectivity index (χ0n) is 13.1. The number of aliphatic imine (C=N–C) groups is 1. The Morgan fingerprint density at radius 2 is 1.95 bits per heavy atom. The molecule has 1 aromatic carbocycles. The number of amides is 1. The Bertz CT molecular complexity index is 463. The van der Waals surface area contributed by atoms with Crippen molar-refractivity contribution in [1.82, 2.24) is 10.6 Å². The lowest BCUT2D eigenvalue weighted by Gasteiger charge is -2.06. The minimum atomic E-state index is -0.161. The Labute approximate surface area is 148 Å². The van der Waals surface area contributed by atoms with Gasteiger partial charge in [-0.15, -0.1) is 24.0 Å². The summed E-state index contributed by atoms with van der Waals surface area (Å²) in [6.45, 7) is 3.36. The SMILES string of the molecule is CCCCNC(N)=NCC(=O)NCc1ccc(OC)cc1.I. The Morgan fingerprint density at radius 3 is 2.55 bits per heavy atom. The molecular formula is C15H25IN4O2. The number of nitrogens with two attached hydrogens (primary N) is 1. The predicted molar refractivity (Wildman–Crippen MR) is 99.7 cm³/mol. The number of ether oxygens (including phenoxy) is 1. The van der Waals surface area contributed by atoms with Crippen LogP contribution in [0, 0.1) is 0 Å². The zero-order chi connectivity index (χ0) is 15.5. The van der Waals surface area contributed by atoms with Crippen molar-refractivity contribution in [2.45, 2.75) is 26.3 Å². The molecule has 7 heteroatoms. The second-order valence-electron chi connectivity index (χ2n) is 4.61. The fourth-order valence-corrected chi connectivity index (χ4v) is 1.61. The van der Waals surface area contributed by atoms with Crippen molar-refractivity contribution < 1.29 is 9.53 Å². The maximum absolute atomic E-state index is 11.6. The van der Waals surface area contributed by atoms with Gasteiger partial charge in [-0.25, -0.2) is 4.99 Å². The molecule has 1 rings (SSSR count). The molecule has 1 amide bonds. The first kappa shape index (κ1) is 20.5. The number of guanidine groups is 1. The van der Waals surface area contributed by atoms with Gasteiger partial charge in [-0.1, -0.05) is 25.5 Å². The number of carbonyl (C=O) groups excluding carboxylic acids is 1. The fourth-order valence-electron chi connectivity index (χ4n) is 1.61. The summed E-state index contributed by atoms with van der Waals surface area (Å²) >= 11 is 0. The molecule has 0 aliphatic rings. The van der Waals surface area contributed by atoms with Gasteiger partial charge >= 0.3 is 0 Å². The number of rotatable bonds is 8. The van der Waals surface area contributed by atoms with E-state index in [-0.39, 0.29) is 36.4 Å². The maximum Gasteiger partial charge on any atom is 0.242 e. The normalized spacial score (nSPS) is 10.5. The first-order valence-electron chi connectivity index (χ1n) is 7.09. The Morgan fingerprint density at radius 1 is 1.27 bits per heavy atom. The van der Waals surface area contributed by atoms with Gasteiger partial charge in [-0.2, -0.15) is 0 Å². The highest BCUT2D eigenvalue weighted by atomic mass is 127. The number of hydrogen-bond donors (Lipinski definition) is 3. The first-order valence-corrected chi connectivity index (χ1v) is 7.09. The molecule has 0 unspecified atom stereocenters. The standard InChI is InChI=1S/C15H24N4O2.HI/c1-3-4-9-17-15(16)19-11-14(20)18-10-12-5-7-13(21-2)8-6-12;/h5-8H,3-4,9-11H2,1-2H3,(H,18,20)(H3,16,17,19);1H. The third-order valence-electron chi connectivity index (χ3n) is 2.88. The van der Waals surface area contributed by atoms with Crippen molar-refractivity contribution in [3.8, 4) is 5.75 Å². The number of methoxy groups -OCH3 is 1. The summed E-state index contributed by atoms with van der Waals surface area (Å²) < 4.78 is 5.07. The van der Waals surface area contributed by atoms with Crippen LogP contribution in [0.3, 0.4) is 0 Å². The van der Waals surface area contributed by atoms with Gasteiger partial charge in [0.1, 0.15) is 12.3 Å². The van der Waals surface area contributed by atoms with Gasteiger partial charge in [0, 0.05) is 13.1 Å². The molecule has 0 bridgehead atoms. The van der Waals surface area contributed by atoms with E-state index in [4.69, 9.17) is 10.5 Å². The van der Waals surface area contributed by atoms with Gasteiger partial charge in [0.25, 0.3) is 0 Å². The Kier molecular flexibility index (Phi) is 11.2. The van der Waals surface area contributed by atoms with Crippen LogP contribution in [-0.4, -0.2) is 32.1 Å². The number of nitrogens with zero attached hydrogens (tertiary/aromatic N) is 1. The van der Waals surface area contributed by atoms with Crippen molar-refractivity contribution in [1.29, 1.82) is 0 Å². The van der Waals surface area contributed by atoms with Gasteiger partial charge in [0.15, 0.2) is 5.96 Å². The van der Waals surface area contributed by atoms with Crippen molar-refractivity contribution in [3.05, 3.63) is 29.8 Å². The average Bonchev–Trinajstić information content (AvgIpc) is 2.51. The minimum absolute atomic E-state index is 0. The van der Waals surface area contributed by atoms with Gasteiger partial charge in [0.2, 0.25) is 5.91 Å². The minimum Gasteiger partial charge on any atom is -0.497 e. The van der Waals surface area contributed by atoms with E-state index in [1.54, 1.807) is 7.11 Å². The molecule has 0 aliphatic heterocycles. The number of halogens is 1. The van der Waals surface area contributed by atoms with E-state index in [1.165, 1.54) is 0 Å². The summed E-state index contributed by atoms with van der Waals surface area (Å²) in [4.78, 5) is 15.6. The van der Waals surface area contributed by atoms with E-state index in [0.717, 1.165) is 30.7 Å². The highest BCUT2D eigenvalue weighted by molar-refractivity contribution is 14.0. The molecule has 0 aliphatic carbocycles. The fraction of sp³-hybridized carbons (Fsp3) is 0.467. The quantitative estimate of drug-likeness (QED) is 0.258. The second-order valence-corrected chi connectivity index (χ2v) is 4.61. The molecule has 0 heterocycles. The molecule has 22 heavy (non-hydrogen) atoms. The van der Waals surface area contributed by atoms with Crippen molar-refractivity contribution in [2.75, 3.05) is 20.2 Å². The van der Waals surface area contributed by atoms with Crippen LogP contribution in [-0.2, 0) is 11.3 Å². The van der Waals surface area contributed by atoms with E-state index in [2.05, 4.69) is 22.5 Å². The summed E-state index contributed by atoms with van der Waals surface area (Å²) in [5, 5.41) is 5.75. The van der Waals surface area contributed by atoms with Crippen LogP contribution >= 0.6 is 24.0 Å². The summed E-state index contributed by atoms with van der Waals surface area (Å²) in [7, 11) is 1.62. The molecule has 4 N–H and O–H groups in total. The molecule has 124 valence electrons. The number of unbranched alkanes of at least 4 members (excludes halogenated alkanes) is 1. The highest BCUT2D eigenvalue weighted by Gasteiger charge is 2.01. The van der Waals surface area contributed by atoms with E-state index >= 15 is 0 Å². The van der Waals surface area contributed by atoms with Crippen LogP contribution in [0.4, 0.5) is 0 Å². The van der Waals surface area contributed by atoms with E-state index in [0.29, 0.717) is 12.5 Å². The Hall–Kier alpha value is -1.51. The molecule has 0 saturated carbocycles. The molecular weight excluding hydrogens is 395 g/mol. The number of benzene rings is 1. The van der Waals surface area contributed by atoms with Gasteiger partial charge in [-0.3, -0.25) is 4.79 Å². The zero-order valence-corrected chi connectivity index (χ0v) is 15.4.